The topological polar surface area (TPSA) is 145 Å². The summed E-state index contributed by atoms with van der Waals surface area (Å²) < 4.78 is 5.45. The molecule has 0 aliphatic heterocycles. The van der Waals surface area contributed by atoms with Crippen LogP contribution < -0.4 is 16.8 Å². The summed E-state index contributed by atoms with van der Waals surface area (Å²) in [5.74, 6) is -3.93. The molecule has 0 aliphatic rings. The largest absolute Gasteiger partial charge is 0.481 e. The smallest absolute Gasteiger partial charge is 0.308 e. The fourth-order valence-electron chi connectivity index (χ4n) is 2.75. The Morgan fingerprint density at radius 1 is 0.967 bits per heavy atom. The van der Waals surface area contributed by atoms with E-state index in [1.165, 1.54) is 0 Å². The molecule has 9 heteroatoms. The van der Waals surface area contributed by atoms with Crippen molar-refractivity contribution in [2.45, 2.75) is 25.1 Å². The van der Waals surface area contributed by atoms with Crippen LogP contribution in [0.15, 0.2) is 60.7 Å². The van der Waals surface area contributed by atoms with Gasteiger partial charge in [0.1, 0.15) is 6.04 Å². The summed E-state index contributed by atoms with van der Waals surface area (Å²) in [5, 5.41) is 11.9. The minimum atomic E-state index is -1.36. The summed E-state index contributed by atoms with van der Waals surface area (Å²) in [6.07, 6.45) is 0.0799. The molecule has 0 fully saturated rings. The van der Waals surface area contributed by atoms with Crippen LogP contribution in [0, 0.1) is 5.92 Å². The highest BCUT2D eigenvalue weighted by molar-refractivity contribution is 5.91. The third-order valence-electron chi connectivity index (χ3n) is 4.41. The van der Waals surface area contributed by atoms with Crippen LogP contribution >= 0.6 is 12.4 Å². The lowest BCUT2D eigenvalue weighted by Crippen LogP contribution is -2.55. The van der Waals surface area contributed by atoms with Gasteiger partial charge >= 0.3 is 5.97 Å². The second-order valence-electron chi connectivity index (χ2n) is 6.62. The van der Waals surface area contributed by atoms with Crippen LogP contribution in [0.2, 0.25) is 0 Å². The van der Waals surface area contributed by atoms with Gasteiger partial charge in [-0.3, -0.25) is 14.4 Å². The van der Waals surface area contributed by atoms with Crippen LogP contribution in [0.25, 0.3) is 0 Å². The Labute approximate surface area is 181 Å². The first kappa shape index (κ1) is 25.1. The molecule has 0 aromatic heterocycles. The van der Waals surface area contributed by atoms with Crippen molar-refractivity contribution in [1.82, 2.24) is 5.32 Å². The summed E-state index contributed by atoms with van der Waals surface area (Å²) >= 11 is 0. The molecule has 2 amide bonds. The van der Waals surface area contributed by atoms with Crippen molar-refractivity contribution in [1.29, 1.82) is 0 Å². The monoisotopic (exact) mass is 435 g/mol. The third kappa shape index (κ3) is 7.82. The van der Waals surface area contributed by atoms with Gasteiger partial charge in [0.2, 0.25) is 11.8 Å². The standard InChI is InChI=1S/C21H25N3O5.ClH/c22-18(16(21(27)28)11-14-7-3-1-4-8-14)20(26)24-17(19(23)25)13-29-12-15-9-5-2-6-10-15;/h1-10,16-18H,11-13,22H2,(H2,23,25)(H,24,26)(H,27,28);1H/t16?,17-,18-;/m0./s1. The molecule has 0 aliphatic carbocycles. The van der Waals surface area contributed by atoms with E-state index in [1.807, 2.05) is 30.3 Å². The van der Waals surface area contributed by atoms with Crippen molar-refractivity contribution in [2.75, 3.05) is 6.61 Å². The predicted molar refractivity (Wildman–Crippen MR) is 114 cm³/mol. The van der Waals surface area contributed by atoms with E-state index >= 15 is 0 Å². The van der Waals surface area contributed by atoms with Crippen molar-refractivity contribution < 1.29 is 24.2 Å². The number of rotatable bonds is 11. The molecule has 0 spiro atoms. The Kier molecular flexibility index (Phi) is 10.5. The number of ether oxygens (including phenoxy) is 1. The molecule has 0 saturated heterocycles. The van der Waals surface area contributed by atoms with Gasteiger partial charge < -0.3 is 26.6 Å². The first-order valence-corrected chi connectivity index (χ1v) is 9.12. The fraction of sp³-hybridized carbons (Fsp3) is 0.286. The third-order valence-corrected chi connectivity index (χ3v) is 4.41. The number of halogens is 1. The Hall–Kier alpha value is -2.94. The van der Waals surface area contributed by atoms with E-state index in [2.05, 4.69) is 5.32 Å². The van der Waals surface area contributed by atoms with Gasteiger partial charge in [0.25, 0.3) is 0 Å². The summed E-state index contributed by atoms with van der Waals surface area (Å²) in [7, 11) is 0. The number of carboxylic acid groups (broad SMARTS) is 1. The number of carbonyl (C=O) groups excluding carboxylic acids is 2. The molecule has 0 saturated carbocycles. The number of nitrogens with two attached hydrogens (primary N) is 2. The number of nitrogens with one attached hydrogen (secondary N) is 1. The van der Waals surface area contributed by atoms with Gasteiger partial charge in [0.15, 0.2) is 0 Å². The molecule has 30 heavy (non-hydrogen) atoms. The SMILES string of the molecule is Cl.NC(=O)[C@H](COCc1ccccc1)NC(=O)[C@@H](N)C(Cc1ccccc1)C(=O)O. The first-order valence-electron chi connectivity index (χ1n) is 9.12. The molecule has 0 heterocycles. The van der Waals surface area contributed by atoms with Crippen LogP contribution in [0.4, 0.5) is 0 Å². The van der Waals surface area contributed by atoms with E-state index in [0.717, 1.165) is 11.1 Å². The minimum Gasteiger partial charge on any atom is -0.481 e. The van der Waals surface area contributed by atoms with E-state index in [4.69, 9.17) is 16.2 Å². The van der Waals surface area contributed by atoms with Gasteiger partial charge in [0, 0.05) is 0 Å². The zero-order valence-electron chi connectivity index (χ0n) is 16.3. The van der Waals surface area contributed by atoms with Gasteiger partial charge in [-0.2, -0.15) is 0 Å². The van der Waals surface area contributed by atoms with Crippen molar-refractivity contribution in [3.8, 4) is 0 Å². The highest BCUT2D eigenvalue weighted by atomic mass is 35.5. The molecule has 1 unspecified atom stereocenters. The van der Waals surface area contributed by atoms with Crippen LogP contribution in [0.5, 0.6) is 0 Å². The molecule has 3 atom stereocenters. The molecule has 2 aromatic carbocycles. The molecule has 6 N–H and O–H groups in total. The highest BCUT2D eigenvalue weighted by Gasteiger charge is 2.32. The van der Waals surface area contributed by atoms with Crippen molar-refractivity contribution in [3.05, 3.63) is 71.8 Å². The van der Waals surface area contributed by atoms with E-state index in [1.54, 1.807) is 30.3 Å². The number of benzene rings is 2. The molecule has 0 bridgehead atoms. The lowest BCUT2D eigenvalue weighted by atomic mass is 9.92. The minimum absolute atomic E-state index is 0. The normalized spacial score (nSPS) is 13.4. The fourth-order valence-corrected chi connectivity index (χ4v) is 2.75. The van der Waals surface area contributed by atoms with Gasteiger partial charge in [-0.1, -0.05) is 60.7 Å². The summed E-state index contributed by atoms with van der Waals surface area (Å²) in [6, 6.07) is 15.7. The second-order valence-corrected chi connectivity index (χ2v) is 6.62. The van der Waals surface area contributed by atoms with Crippen molar-refractivity contribution in [3.63, 3.8) is 0 Å². The van der Waals surface area contributed by atoms with Crippen LogP contribution in [-0.2, 0) is 32.1 Å². The summed E-state index contributed by atoms with van der Waals surface area (Å²) in [4.78, 5) is 35.8. The maximum absolute atomic E-state index is 12.5. The van der Waals surface area contributed by atoms with Crippen LogP contribution in [0.3, 0.4) is 0 Å². The van der Waals surface area contributed by atoms with Gasteiger partial charge in [-0.05, 0) is 17.5 Å². The number of amides is 2. The average molecular weight is 436 g/mol. The van der Waals surface area contributed by atoms with Crippen LogP contribution in [-0.4, -0.2) is 41.6 Å². The maximum atomic E-state index is 12.5. The van der Waals surface area contributed by atoms with Gasteiger partial charge in [-0.15, -0.1) is 12.4 Å². The number of carbonyl (C=O) groups is 3. The molecule has 162 valence electrons. The lowest BCUT2D eigenvalue weighted by Gasteiger charge is -2.22. The molecule has 2 rings (SSSR count). The second kappa shape index (κ2) is 12.6. The number of carboxylic acids is 1. The quantitative estimate of drug-likeness (QED) is 0.412. The van der Waals surface area contributed by atoms with Gasteiger partial charge in [0.05, 0.1) is 25.2 Å². The number of hydrogen-bond donors (Lipinski definition) is 4. The Balaban J connectivity index is 0.00000450. The Morgan fingerprint density at radius 2 is 1.50 bits per heavy atom. The number of aliphatic carboxylic acids is 1. The van der Waals surface area contributed by atoms with E-state index in [9.17, 15) is 19.5 Å². The zero-order valence-corrected chi connectivity index (χ0v) is 17.1. The van der Waals surface area contributed by atoms with Gasteiger partial charge in [-0.25, -0.2) is 0 Å². The molecule has 0 radical (unpaired) electrons. The average Bonchev–Trinajstić information content (AvgIpc) is 2.72. The van der Waals surface area contributed by atoms with Crippen molar-refractivity contribution >= 4 is 30.2 Å². The molecular weight excluding hydrogens is 410 g/mol. The maximum Gasteiger partial charge on any atom is 0.308 e. The summed E-state index contributed by atoms with van der Waals surface area (Å²) in [5.41, 5.74) is 12.9. The first-order chi connectivity index (χ1) is 13.9. The highest BCUT2D eigenvalue weighted by Crippen LogP contribution is 2.13. The van der Waals surface area contributed by atoms with E-state index in [0.29, 0.717) is 0 Å². The van der Waals surface area contributed by atoms with E-state index in [-0.39, 0.29) is 32.0 Å². The lowest BCUT2D eigenvalue weighted by molar-refractivity contribution is -0.145. The molecular formula is C21H26ClN3O5. The summed E-state index contributed by atoms with van der Waals surface area (Å²) in [6.45, 7) is 0.0808. The number of hydrogen-bond acceptors (Lipinski definition) is 5. The van der Waals surface area contributed by atoms with E-state index < -0.39 is 35.8 Å². The molecule has 2 aromatic rings. The van der Waals surface area contributed by atoms with Crippen LogP contribution in [0.1, 0.15) is 11.1 Å². The predicted octanol–water partition coefficient (Wildman–Crippen LogP) is 0.866. The number of primary amides is 1. The Morgan fingerprint density at radius 3 is 2.00 bits per heavy atom. The zero-order chi connectivity index (χ0) is 21.2. The Bertz CT molecular complexity index is 820. The molecule has 8 nitrogen and oxygen atoms in total. The van der Waals surface area contributed by atoms with Crippen molar-refractivity contribution in [2.24, 2.45) is 17.4 Å².